The summed E-state index contributed by atoms with van der Waals surface area (Å²) in [6.45, 7) is 0.686. The Morgan fingerprint density at radius 3 is 3.12 bits per heavy atom. The summed E-state index contributed by atoms with van der Waals surface area (Å²) in [5.74, 6) is 0.890. The van der Waals surface area contributed by atoms with E-state index in [0.717, 1.165) is 29.6 Å². The van der Waals surface area contributed by atoms with Gasteiger partial charge < -0.3 is 9.73 Å². The van der Waals surface area contributed by atoms with Crippen LogP contribution in [0.25, 0.3) is 11.0 Å². The highest BCUT2D eigenvalue weighted by Crippen LogP contribution is 2.27. The lowest BCUT2D eigenvalue weighted by atomic mass is 10.1. The number of rotatable bonds is 6. The minimum Gasteiger partial charge on any atom is -0.459 e. The van der Waals surface area contributed by atoms with Gasteiger partial charge in [-0.2, -0.15) is 5.10 Å². The number of hydrogen-bond acceptors (Lipinski definition) is 6. The molecule has 2 unspecified atom stereocenters. The van der Waals surface area contributed by atoms with E-state index in [-0.39, 0.29) is 18.1 Å². The van der Waals surface area contributed by atoms with Gasteiger partial charge in [-0.15, -0.1) is 0 Å². The molecule has 0 aliphatic carbocycles. The van der Waals surface area contributed by atoms with Gasteiger partial charge in [0.25, 0.3) is 0 Å². The van der Waals surface area contributed by atoms with Crippen LogP contribution in [0.15, 0.2) is 47.4 Å². The Hall–Kier alpha value is -2.71. The first-order valence-corrected chi connectivity index (χ1v) is 8.39. The first-order valence-electron chi connectivity index (χ1n) is 8.39. The third-order valence-electron chi connectivity index (χ3n) is 4.28. The van der Waals surface area contributed by atoms with Crippen molar-refractivity contribution in [2.45, 2.75) is 38.0 Å². The summed E-state index contributed by atoms with van der Waals surface area (Å²) in [5.41, 5.74) is 7.18. The number of furan rings is 1. The van der Waals surface area contributed by atoms with Crippen LogP contribution in [0.4, 0.5) is 0 Å². The lowest BCUT2D eigenvalue weighted by Gasteiger charge is -2.11. The number of aryl methyl sites for hydroxylation is 1. The number of aromatic nitrogens is 3. The van der Waals surface area contributed by atoms with Crippen molar-refractivity contribution in [2.75, 3.05) is 0 Å². The zero-order chi connectivity index (χ0) is 17.1. The normalized spacial score (nSPS) is 20.2. The Labute approximate surface area is 144 Å². The summed E-state index contributed by atoms with van der Waals surface area (Å²) >= 11 is 0. The number of carbonyl (C=O) groups excluding carboxylic acids is 1. The van der Waals surface area contributed by atoms with Crippen LogP contribution in [-0.2, 0) is 11.3 Å². The SMILES string of the molecule is O=C(CCCn1cncn1)NC1CC(c2cc3ccccc3o2)NN1. The minimum absolute atomic E-state index is 0.0182. The maximum Gasteiger partial charge on any atom is 0.221 e. The number of amides is 1. The zero-order valence-corrected chi connectivity index (χ0v) is 13.7. The van der Waals surface area contributed by atoms with Crippen LogP contribution in [0.2, 0.25) is 0 Å². The lowest BCUT2D eigenvalue weighted by molar-refractivity contribution is -0.122. The maximum atomic E-state index is 12.1. The fourth-order valence-electron chi connectivity index (χ4n) is 3.03. The summed E-state index contributed by atoms with van der Waals surface area (Å²) in [7, 11) is 0. The van der Waals surface area contributed by atoms with E-state index in [1.807, 2.05) is 30.3 Å². The van der Waals surface area contributed by atoms with Crippen LogP contribution in [0, 0.1) is 0 Å². The van der Waals surface area contributed by atoms with Gasteiger partial charge in [-0.05, 0) is 18.6 Å². The molecule has 3 aromatic rings. The van der Waals surface area contributed by atoms with E-state index in [1.54, 1.807) is 11.0 Å². The number of nitrogens with zero attached hydrogens (tertiary/aromatic N) is 3. The molecular formula is C17H20N6O2. The zero-order valence-electron chi connectivity index (χ0n) is 13.7. The number of benzene rings is 1. The van der Waals surface area contributed by atoms with Crippen molar-refractivity contribution in [3.63, 3.8) is 0 Å². The van der Waals surface area contributed by atoms with E-state index < -0.39 is 0 Å². The van der Waals surface area contributed by atoms with E-state index in [4.69, 9.17) is 4.42 Å². The van der Waals surface area contributed by atoms with Crippen LogP contribution in [0.1, 0.15) is 31.1 Å². The van der Waals surface area contributed by atoms with Gasteiger partial charge in [0.15, 0.2) is 0 Å². The Morgan fingerprint density at radius 2 is 2.28 bits per heavy atom. The van der Waals surface area contributed by atoms with E-state index in [2.05, 4.69) is 26.3 Å². The molecule has 130 valence electrons. The monoisotopic (exact) mass is 340 g/mol. The molecule has 0 radical (unpaired) electrons. The summed E-state index contributed by atoms with van der Waals surface area (Å²) in [4.78, 5) is 15.9. The van der Waals surface area contributed by atoms with Crippen molar-refractivity contribution in [1.29, 1.82) is 0 Å². The Balaban J connectivity index is 1.26. The molecular weight excluding hydrogens is 320 g/mol. The molecule has 3 N–H and O–H groups in total. The third kappa shape index (κ3) is 3.70. The predicted molar refractivity (Wildman–Crippen MR) is 91.0 cm³/mol. The molecule has 0 spiro atoms. The molecule has 8 heteroatoms. The molecule has 1 aromatic carbocycles. The number of hydrazine groups is 1. The minimum atomic E-state index is -0.114. The topological polar surface area (TPSA) is 97.0 Å². The van der Waals surface area contributed by atoms with Gasteiger partial charge in [0.2, 0.25) is 5.91 Å². The summed E-state index contributed by atoms with van der Waals surface area (Å²) in [6, 6.07) is 10.0. The second kappa shape index (κ2) is 7.04. The number of hydrogen-bond donors (Lipinski definition) is 3. The molecule has 1 saturated heterocycles. The van der Waals surface area contributed by atoms with Crippen molar-refractivity contribution in [3.8, 4) is 0 Å². The average molecular weight is 340 g/mol. The van der Waals surface area contributed by atoms with Gasteiger partial charge in [0, 0.05) is 24.8 Å². The van der Waals surface area contributed by atoms with Crippen LogP contribution in [0.3, 0.4) is 0 Å². The van der Waals surface area contributed by atoms with Gasteiger partial charge in [-0.1, -0.05) is 18.2 Å². The summed E-state index contributed by atoms with van der Waals surface area (Å²) in [6.07, 6.45) is 4.94. The summed E-state index contributed by atoms with van der Waals surface area (Å²) < 4.78 is 7.60. The molecule has 0 bridgehead atoms. The van der Waals surface area contributed by atoms with Gasteiger partial charge in [0.05, 0.1) is 12.2 Å². The van der Waals surface area contributed by atoms with E-state index in [1.165, 1.54) is 6.33 Å². The second-order valence-corrected chi connectivity index (χ2v) is 6.15. The van der Waals surface area contributed by atoms with Crippen LogP contribution in [-0.4, -0.2) is 26.8 Å². The molecule has 8 nitrogen and oxygen atoms in total. The molecule has 1 aliphatic rings. The maximum absolute atomic E-state index is 12.1. The molecule has 4 rings (SSSR count). The van der Waals surface area contributed by atoms with Gasteiger partial charge >= 0.3 is 0 Å². The molecule has 2 atom stereocenters. The molecule has 0 saturated carbocycles. The van der Waals surface area contributed by atoms with Crippen molar-refractivity contribution >= 4 is 16.9 Å². The molecule has 3 heterocycles. The number of fused-ring (bicyclic) bond motifs is 1. The average Bonchev–Trinajstić information content (AvgIpc) is 3.34. The van der Waals surface area contributed by atoms with E-state index >= 15 is 0 Å². The summed E-state index contributed by atoms with van der Waals surface area (Å²) in [5, 5.41) is 8.10. The third-order valence-corrected chi connectivity index (χ3v) is 4.28. The lowest BCUT2D eigenvalue weighted by Crippen LogP contribution is -2.44. The number of carbonyl (C=O) groups is 1. The standard InChI is InChI=1S/C17H20N6O2/c24-17(6-3-7-23-11-18-10-19-23)20-16-9-13(21-22-16)15-8-12-4-1-2-5-14(12)25-15/h1-2,4-5,8,10-11,13,16,21-22H,3,6-7,9H2,(H,20,24). The highest BCUT2D eigenvalue weighted by atomic mass is 16.3. The van der Waals surface area contributed by atoms with Crippen molar-refractivity contribution in [3.05, 3.63) is 48.7 Å². The van der Waals surface area contributed by atoms with Gasteiger partial charge in [-0.3, -0.25) is 9.48 Å². The van der Waals surface area contributed by atoms with Crippen molar-refractivity contribution < 1.29 is 9.21 Å². The highest BCUT2D eigenvalue weighted by molar-refractivity contribution is 5.78. The van der Waals surface area contributed by atoms with Crippen molar-refractivity contribution in [1.82, 2.24) is 30.9 Å². The fourth-order valence-corrected chi connectivity index (χ4v) is 3.03. The van der Waals surface area contributed by atoms with E-state index in [0.29, 0.717) is 13.0 Å². The molecule has 2 aromatic heterocycles. The Kier molecular flexibility index (Phi) is 4.45. The van der Waals surface area contributed by atoms with Crippen LogP contribution in [0.5, 0.6) is 0 Å². The molecule has 1 fully saturated rings. The second-order valence-electron chi connectivity index (χ2n) is 6.15. The van der Waals surface area contributed by atoms with E-state index in [9.17, 15) is 4.79 Å². The first kappa shape index (κ1) is 15.8. The molecule has 1 aliphatic heterocycles. The van der Waals surface area contributed by atoms with Crippen molar-refractivity contribution in [2.24, 2.45) is 0 Å². The first-order chi connectivity index (χ1) is 12.3. The molecule has 25 heavy (non-hydrogen) atoms. The number of nitrogens with one attached hydrogen (secondary N) is 3. The highest BCUT2D eigenvalue weighted by Gasteiger charge is 2.28. The Morgan fingerprint density at radius 1 is 1.36 bits per heavy atom. The van der Waals surface area contributed by atoms with Crippen LogP contribution >= 0.6 is 0 Å². The van der Waals surface area contributed by atoms with Gasteiger partial charge in [-0.25, -0.2) is 15.8 Å². The Bertz CT molecular complexity index is 811. The van der Waals surface area contributed by atoms with Gasteiger partial charge in [0.1, 0.15) is 24.0 Å². The number of para-hydroxylation sites is 1. The largest absolute Gasteiger partial charge is 0.459 e. The predicted octanol–water partition coefficient (Wildman–Crippen LogP) is 1.49. The van der Waals surface area contributed by atoms with Crippen LogP contribution < -0.4 is 16.2 Å². The molecule has 1 amide bonds. The fraction of sp³-hybridized carbons (Fsp3) is 0.353. The quantitative estimate of drug-likeness (QED) is 0.629. The smallest absolute Gasteiger partial charge is 0.221 e.